The third-order valence-electron chi connectivity index (χ3n) is 4.68. The topological polar surface area (TPSA) is 50.9 Å². The molecule has 1 aliphatic rings. The molecule has 1 aromatic carbocycles. The fourth-order valence-corrected chi connectivity index (χ4v) is 3.69. The number of rotatable bonds is 4. The Morgan fingerprint density at radius 2 is 1.86 bits per heavy atom. The van der Waals surface area contributed by atoms with E-state index in [-0.39, 0.29) is 17.3 Å². The quantitative estimate of drug-likeness (QED) is 0.670. The van der Waals surface area contributed by atoms with Gasteiger partial charge in [-0.2, -0.15) is 0 Å². The maximum absolute atomic E-state index is 14.2. The Bertz CT molecular complexity index is 594. The number of benzene rings is 1. The summed E-state index contributed by atoms with van der Waals surface area (Å²) in [7, 11) is 0. The number of hydrazine groups is 1. The highest BCUT2D eigenvalue weighted by molar-refractivity contribution is 5.34. The Kier molecular flexibility index (Phi) is 3.99. The van der Waals surface area contributed by atoms with Crippen LogP contribution in [0.4, 0.5) is 4.39 Å². The summed E-state index contributed by atoms with van der Waals surface area (Å²) in [6.45, 7) is 0. The van der Waals surface area contributed by atoms with Crippen molar-refractivity contribution in [2.75, 3.05) is 0 Å². The summed E-state index contributed by atoms with van der Waals surface area (Å²) in [5, 5.41) is 0. The first-order valence-corrected chi connectivity index (χ1v) is 7.39. The number of nitrogens with one attached hydrogen (secondary N) is 1. The molecular formula is C17H20FN3. The van der Waals surface area contributed by atoms with Gasteiger partial charge in [-0.25, -0.2) is 4.39 Å². The lowest BCUT2D eigenvalue weighted by molar-refractivity contribution is 0.296. The summed E-state index contributed by atoms with van der Waals surface area (Å²) < 4.78 is 14.2. The molecule has 2 aromatic rings. The van der Waals surface area contributed by atoms with Crippen molar-refractivity contribution in [3.8, 4) is 0 Å². The molecular weight excluding hydrogens is 265 g/mol. The predicted molar refractivity (Wildman–Crippen MR) is 80.8 cm³/mol. The molecule has 1 unspecified atom stereocenters. The minimum atomic E-state index is -0.303. The predicted octanol–water partition coefficient (Wildman–Crippen LogP) is 3.24. The number of hydrogen-bond donors (Lipinski definition) is 2. The van der Waals surface area contributed by atoms with Crippen LogP contribution < -0.4 is 11.3 Å². The van der Waals surface area contributed by atoms with Crippen LogP contribution in [-0.4, -0.2) is 4.98 Å². The van der Waals surface area contributed by atoms with E-state index in [1.165, 1.54) is 11.8 Å². The van der Waals surface area contributed by atoms with Gasteiger partial charge in [0, 0.05) is 17.2 Å². The molecule has 110 valence electrons. The van der Waals surface area contributed by atoms with Crippen LogP contribution in [0, 0.1) is 5.82 Å². The van der Waals surface area contributed by atoms with Crippen molar-refractivity contribution in [3.63, 3.8) is 0 Å². The molecule has 1 aliphatic carbocycles. The van der Waals surface area contributed by atoms with Gasteiger partial charge >= 0.3 is 0 Å². The van der Waals surface area contributed by atoms with Crippen molar-refractivity contribution in [2.24, 2.45) is 5.84 Å². The van der Waals surface area contributed by atoms with Gasteiger partial charge in [0.15, 0.2) is 0 Å². The number of aromatic nitrogens is 1. The molecule has 1 heterocycles. The van der Waals surface area contributed by atoms with Gasteiger partial charge in [0.25, 0.3) is 0 Å². The Morgan fingerprint density at radius 1 is 1.14 bits per heavy atom. The monoisotopic (exact) mass is 285 g/mol. The van der Waals surface area contributed by atoms with E-state index in [0.717, 1.165) is 25.7 Å². The molecule has 1 saturated carbocycles. The van der Waals surface area contributed by atoms with Gasteiger partial charge in [-0.05, 0) is 24.5 Å². The number of hydrogen-bond acceptors (Lipinski definition) is 3. The number of halogens is 1. The summed E-state index contributed by atoms with van der Waals surface area (Å²) in [5.41, 5.74) is 4.54. The molecule has 3 N–H and O–H groups in total. The Morgan fingerprint density at radius 3 is 2.48 bits per heavy atom. The molecule has 21 heavy (non-hydrogen) atoms. The highest BCUT2D eigenvalue weighted by Gasteiger charge is 2.43. The highest BCUT2D eigenvalue weighted by Crippen LogP contribution is 2.49. The van der Waals surface area contributed by atoms with Crippen molar-refractivity contribution in [3.05, 3.63) is 65.7 Å². The number of pyridine rings is 1. The highest BCUT2D eigenvalue weighted by atomic mass is 19.1. The zero-order chi connectivity index (χ0) is 14.7. The van der Waals surface area contributed by atoms with E-state index in [2.05, 4.69) is 22.5 Å². The second kappa shape index (κ2) is 5.92. The first-order valence-electron chi connectivity index (χ1n) is 7.39. The average molecular weight is 285 g/mol. The zero-order valence-corrected chi connectivity index (χ0v) is 11.9. The van der Waals surface area contributed by atoms with Gasteiger partial charge in [-0.15, -0.1) is 0 Å². The molecule has 3 nitrogen and oxygen atoms in total. The van der Waals surface area contributed by atoms with Crippen molar-refractivity contribution in [1.29, 1.82) is 0 Å². The molecule has 1 atom stereocenters. The van der Waals surface area contributed by atoms with Gasteiger partial charge in [0.1, 0.15) is 5.82 Å². The van der Waals surface area contributed by atoms with Gasteiger partial charge in [-0.3, -0.25) is 16.3 Å². The summed E-state index contributed by atoms with van der Waals surface area (Å²) >= 11 is 0. The van der Waals surface area contributed by atoms with Crippen LogP contribution in [0.15, 0.2) is 48.8 Å². The van der Waals surface area contributed by atoms with E-state index in [9.17, 15) is 4.39 Å². The SMILES string of the molecule is NNC(c1ccncc1F)C1(c2ccccc2)CCCC1. The summed E-state index contributed by atoms with van der Waals surface area (Å²) in [6, 6.07) is 11.8. The van der Waals surface area contributed by atoms with Crippen LogP contribution in [-0.2, 0) is 5.41 Å². The number of nitrogens with zero attached hydrogens (tertiary/aromatic N) is 1. The lowest BCUT2D eigenvalue weighted by Crippen LogP contribution is -2.43. The smallest absolute Gasteiger partial charge is 0.146 e. The summed E-state index contributed by atoms with van der Waals surface area (Å²) in [4.78, 5) is 3.84. The second-order valence-corrected chi connectivity index (χ2v) is 5.73. The third-order valence-corrected chi connectivity index (χ3v) is 4.68. The molecule has 4 heteroatoms. The van der Waals surface area contributed by atoms with Crippen molar-refractivity contribution in [2.45, 2.75) is 37.1 Å². The van der Waals surface area contributed by atoms with E-state index in [0.29, 0.717) is 5.56 Å². The van der Waals surface area contributed by atoms with Crippen LogP contribution in [0.25, 0.3) is 0 Å². The zero-order valence-electron chi connectivity index (χ0n) is 11.9. The Labute approximate surface area is 124 Å². The van der Waals surface area contributed by atoms with Crippen LogP contribution in [0.1, 0.15) is 42.9 Å². The fraction of sp³-hybridized carbons (Fsp3) is 0.353. The molecule has 1 aromatic heterocycles. The standard InChI is InChI=1S/C17H20FN3/c18-15-12-20-11-8-14(15)16(21-19)17(9-4-5-10-17)13-6-2-1-3-7-13/h1-3,6-8,11-12,16,21H,4-5,9-10,19H2. The van der Waals surface area contributed by atoms with Crippen molar-refractivity contribution < 1.29 is 4.39 Å². The maximum Gasteiger partial charge on any atom is 0.146 e. The van der Waals surface area contributed by atoms with E-state index in [1.54, 1.807) is 12.3 Å². The van der Waals surface area contributed by atoms with Gasteiger partial charge in [0.05, 0.1) is 12.2 Å². The van der Waals surface area contributed by atoms with Crippen molar-refractivity contribution >= 4 is 0 Å². The first kappa shape index (κ1) is 14.2. The summed E-state index contributed by atoms with van der Waals surface area (Å²) in [5.74, 6) is 5.54. The molecule has 1 fully saturated rings. The first-order chi connectivity index (χ1) is 10.3. The Hall–Kier alpha value is -1.78. The van der Waals surface area contributed by atoms with Crippen molar-refractivity contribution in [1.82, 2.24) is 10.4 Å². The van der Waals surface area contributed by atoms with E-state index < -0.39 is 0 Å². The van der Waals surface area contributed by atoms with E-state index in [4.69, 9.17) is 5.84 Å². The molecule has 0 spiro atoms. The molecule has 0 radical (unpaired) electrons. The average Bonchev–Trinajstić information content (AvgIpc) is 3.01. The number of nitrogens with two attached hydrogens (primary N) is 1. The molecule has 0 aliphatic heterocycles. The van der Waals surface area contributed by atoms with Crippen LogP contribution in [0.5, 0.6) is 0 Å². The maximum atomic E-state index is 14.2. The van der Waals surface area contributed by atoms with Gasteiger partial charge < -0.3 is 0 Å². The van der Waals surface area contributed by atoms with Gasteiger partial charge in [-0.1, -0.05) is 43.2 Å². The van der Waals surface area contributed by atoms with E-state index in [1.807, 2.05) is 18.2 Å². The minimum Gasteiger partial charge on any atom is -0.271 e. The van der Waals surface area contributed by atoms with Gasteiger partial charge in [0.2, 0.25) is 0 Å². The lowest BCUT2D eigenvalue weighted by Gasteiger charge is -2.38. The molecule has 0 amide bonds. The Balaban J connectivity index is 2.10. The van der Waals surface area contributed by atoms with E-state index >= 15 is 0 Å². The van der Waals surface area contributed by atoms with Crippen LogP contribution in [0.2, 0.25) is 0 Å². The minimum absolute atomic E-state index is 0.155. The van der Waals surface area contributed by atoms with Crippen LogP contribution in [0.3, 0.4) is 0 Å². The normalized spacial score (nSPS) is 18.6. The van der Waals surface area contributed by atoms with Crippen LogP contribution >= 0.6 is 0 Å². The fourth-order valence-electron chi connectivity index (χ4n) is 3.69. The molecule has 0 bridgehead atoms. The largest absolute Gasteiger partial charge is 0.271 e. The molecule has 3 rings (SSSR count). The third kappa shape index (κ3) is 2.45. The molecule has 0 saturated heterocycles. The second-order valence-electron chi connectivity index (χ2n) is 5.73. The lowest BCUT2D eigenvalue weighted by atomic mass is 9.70. The summed E-state index contributed by atoms with van der Waals surface area (Å²) in [6.07, 6.45) is 7.17.